The third kappa shape index (κ3) is 4.72. The minimum Gasteiger partial charge on any atom is -0.493 e. The molecule has 22 heavy (non-hydrogen) atoms. The molecular weight excluding hydrogens is 274 g/mol. The maximum atomic E-state index is 9.42. The van der Waals surface area contributed by atoms with E-state index in [1.54, 1.807) is 0 Å². The zero-order valence-electron chi connectivity index (χ0n) is 15.1. The molecule has 0 radical (unpaired) electrons. The summed E-state index contributed by atoms with van der Waals surface area (Å²) in [6, 6.07) is 4.45. The lowest BCUT2D eigenvalue weighted by molar-refractivity contribution is 0.216. The maximum Gasteiger partial charge on any atom is 0.126 e. The first kappa shape index (κ1) is 19.0. The van der Waals surface area contributed by atoms with Crippen LogP contribution < -0.4 is 10.5 Å². The van der Waals surface area contributed by atoms with Crippen molar-refractivity contribution in [2.75, 3.05) is 19.8 Å². The van der Waals surface area contributed by atoms with Gasteiger partial charge in [-0.2, -0.15) is 0 Å². The molecule has 0 heterocycles. The summed E-state index contributed by atoms with van der Waals surface area (Å²) in [5.74, 6) is 1.47. The van der Waals surface area contributed by atoms with E-state index >= 15 is 0 Å². The summed E-state index contributed by atoms with van der Waals surface area (Å²) in [6.07, 6.45) is 0.875. The summed E-state index contributed by atoms with van der Waals surface area (Å²) in [5.41, 5.74) is 9.52. The predicted molar refractivity (Wildman–Crippen MR) is 93.7 cm³/mol. The van der Waals surface area contributed by atoms with Crippen LogP contribution in [0.15, 0.2) is 12.1 Å². The Kier molecular flexibility index (Phi) is 6.89. The highest BCUT2D eigenvalue weighted by Gasteiger charge is 2.25. The lowest BCUT2D eigenvalue weighted by atomic mass is 9.81. The van der Waals surface area contributed by atoms with Crippen LogP contribution in [0.5, 0.6) is 5.75 Å². The van der Waals surface area contributed by atoms with E-state index in [1.165, 1.54) is 16.7 Å². The summed E-state index contributed by atoms with van der Waals surface area (Å²) >= 11 is 0. The maximum absolute atomic E-state index is 9.42. The van der Waals surface area contributed by atoms with Crippen molar-refractivity contribution in [3.05, 3.63) is 28.8 Å². The van der Waals surface area contributed by atoms with Gasteiger partial charge in [0.05, 0.1) is 6.61 Å². The SMILES string of the molecule is CCOc1c(C(C)CC(CN)CO)cc(C)cc1C(C)(C)C. The van der Waals surface area contributed by atoms with E-state index in [0.717, 1.165) is 12.2 Å². The number of hydrogen-bond acceptors (Lipinski definition) is 3. The van der Waals surface area contributed by atoms with E-state index in [-0.39, 0.29) is 17.9 Å². The highest BCUT2D eigenvalue weighted by Crippen LogP contribution is 2.40. The van der Waals surface area contributed by atoms with E-state index in [0.29, 0.717) is 19.1 Å². The summed E-state index contributed by atoms with van der Waals surface area (Å²) in [7, 11) is 0. The van der Waals surface area contributed by atoms with Crippen LogP contribution in [-0.4, -0.2) is 24.9 Å². The lowest BCUT2D eigenvalue weighted by Crippen LogP contribution is -2.21. The largest absolute Gasteiger partial charge is 0.493 e. The van der Waals surface area contributed by atoms with Crippen molar-refractivity contribution in [3.63, 3.8) is 0 Å². The number of aliphatic hydroxyl groups is 1. The number of rotatable bonds is 7. The van der Waals surface area contributed by atoms with E-state index in [2.05, 4.69) is 46.8 Å². The molecule has 1 aromatic carbocycles. The molecule has 0 bridgehead atoms. The molecule has 1 aromatic rings. The standard InChI is InChI=1S/C19H33NO2/c1-7-22-18-16(14(3)10-15(11-20)12-21)8-13(2)9-17(18)19(4,5)6/h8-9,14-15,21H,7,10-12,20H2,1-6H3. The van der Waals surface area contributed by atoms with Crippen molar-refractivity contribution in [1.82, 2.24) is 0 Å². The summed E-state index contributed by atoms with van der Waals surface area (Å²) < 4.78 is 6.03. The molecule has 0 spiro atoms. The number of aliphatic hydroxyl groups excluding tert-OH is 1. The predicted octanol–water partition coefficient (Wildman–Crippen LogP) is 3.75. The zero-order chi connectivity index (χ0) is 16.9. The molecule has 0 aromatic heterocycles. The fraction of sp³-hybridized carbons (Fsp3) is 0.684. The highest BCUT2D eigenvalue weighted by atomic mass is 16.5. The molecule has 3 nitrogen and oxygen atoms in total. The summed E-state index contributed by atoms with van der Waals surface area (Å²) in [4.78, 5) is 0. The third-order valence-electron chi connectivity index (χ3n) is 4.17. The van der Waals surface area contributed by atoms with Gasteiger partial charge in [0.2, 0.25) is 0 Å². The van der Waals surface area contributed by atoms with Gasteiger partial charge in [-0.25, -0.2) is 0 Å². The molecule has 126 valence electrons. The van der Waals surface area contributed by atoms with Crippen molar-refractivity contribution < 1.29 is 9.84 Å². The molecule has 3 heteroatoms. The van der Waals surface area contributed by atoms with Gasteiger partial charge in [0.25, 0.3) is 0 Å². The van der Waals surface area contributed by atoms with Crippen LogP contribution in [0.4, 0.5) is 0 Å². The average molecular weight is 307 g/mol. The van der Waals surface area contributed by atoms with Crippen molar-refractivity contribution in [1.29, 1.82) is 0 Å². The lowest BCUT2D eigenvalue weighted by Gasteiger charge is -2.28. The molecule has 1 rings (SSSR count). The Morgan fingerprint density at radius 2 is 1.91 bits per heavy atom. The minimum absolute atomic E-state index is 0.0369. The molecule has 0 amide bonds. The summed E-state index contributed by atoms with van der Waals surface area (Å²) in [5, 5.41) is 9.42. The molecule has 0 aliphatic rings. The van der Waals surface area contributed by atoms with Gasteiger partial charge in [-0.1, -0.05) is 45.4 Å². The number of ether oxygens (including phenoxy) is 1. The van der Waals surface area contributed by atoms with Crippen molar-refractivity contribution in [2.24, 2.45) is 11.7 Å². The molecule has 0 aliphatic carbocycles. The second-order valence-corrected chi connectivity index (χ2v) is 7.33. The van der Waals surface area contributed by atoms with E-state index in [4.69, 9.17) is 10.5 Å². The van der Waals surface area contributed by atoms with E-state index < -0.39 is 0 Å². The molecule has 0 fully saturated rings. The van der Waals surface area contributed by atoms with Gasteiger partial charge in [-0.3, -0.25) is 0 Å². The Labute approximate surface area is 135 Å². The summed E-state index contributed by atoms with van der Waals surface area (Å²) in [6.45, 7) is 14.3. The molecule has 2 atom stereocenters. The number of hydrogen-bond donors (Lipinski definition) is 2. The second-order valence-electron chi connectivity index (χ2n) is 7.33. The Morgan fingerprint density at radius 3 is 2.36 bits per heavy atom. The van der Waals surface area contributed by atoms with Crippen LogP contribution >= 0.6 is 0 Å². The van der Waals surface area contributed by atoms with Gasteiger partial charge >= 0.3 is 0 Å². The van der Waals surface area contributed by atoms with Gasteiger partial charge in [0.15, 0.2) is 0 Å². The third-order valence-corrected chi connectivity index (χ3v) is 4.17. The first-order valence-corrected chi connectivity index (χ1v) is 8.33. The highest BCUT2D eigenvalue weighted by molar-refractivity contribution is 5.49. The van der Waals surface area contributed by atoms with E-state index in [1.807, 2.05) is 6.92 Å². The monoisotopic (exact) mass is 307 g/mol. The first-order valence-electron chi connectivity index (χ1n) is 8.33. The second kappa shape index (κ2) is 7.98. The van der Waals surface area contributed by atoms with Crippen LogP contribution in [0.25, 0.3) is 0 Å². The van der Waals surface area contributed by atoms with Gasteiger partial charge in [0.1, 0.15) is 5.75 Å². The van der Waals surface area contributed by atoms with Crippen LogP contribution in [0.2, 0.25) is 0 Å². The number of benzene rings is 1. The van der Waals surface area contributed by atoms with Gasteiger partial charge in [-0.05, 0) is 49.6 Å². The molecule has 3 N–H and O–H groups in total. The topological polar surface area (TPSA) is 55.5 Å². The molecule has 0 aliphatic heterocycles. The number of aryl methyl sites for hydroxylation is 1. The average Bonchev–Trinajstić information content (AvgIpc) is 2.44. The van der Waals surface area contributed by atoms with Crippen molar-refractivity contribution >= 4 is 0 Å². The Bertz CT molecular complexity index is 473. The minimum atomic E-state index is 0.0369. The van der Waals surface area contributed by atoms with Crippen LogP contribution in [0, 0.1) is 12.8 Å². The number of nitrogens with two attached hydrogens (primary N) is 1. The van der Waals surface area contributed by atoms with Crippen LogP contribution in [-0.2, 0) is 5.41 Å². The molecular formula is C19H33NO2. The Balaban J connectivity index is 3.30. The first-order chi connectivity index (χ1) is 10.2. The van der Waals surface area contributed by atoms with Crippen molar-refractivity contribution in [2.45, 2.75) is 59.3 Å². The van der Waals surface area contributed by atoms with Gasteiger partial charge in [0, 0.05) is 12.2 Å². The fourth-order valence-corrected chi connectivity index (χ4v) is 2.90. The fourth-order valence-electron chi connectivity index (χ4n) is 2.90. The molecule has 2 unspecified atom stereocenters. The van der Waals surface area contributed by atoms with Gasteiger partial charge < -0.3 is 15.6 Å². The normalized spacial score (nSPS) is 14.7. The van der Waals surface area contributed by atoms with E-state index in [9.17, 15) is 5.11 Å². The smallest absolute Gasteiger partial charge is 0.126 e. The van der Waals surface area contributed by atoms with Crippen LogP contribution in [0.3, 0.4) is 0 Å². The quantitative estimate of drug-likeness (QED) is 0.806. The van der Waals surface area contributed by atoms with Crippen LogP contribution in [0.1, 0.15) is 63.6 Å². The van der Waals surface area contributed by atoms with Gasteiger partial charge in [-0.15, -0.1) is 0 Å². The Morgan fingerprint density at radius 1 is 1.27 bits per heavy atom. The zero-order valence-corrected chi connectivity index (χ0v) is 15.1. The molecule has 0 saturated carbocycles. The Hall–Kier alpha value is -1.06. The van der Waals surface area contributed by atoms with Crippen molar-refractivity contribution in [3.8, 4) is 5.75 Å². The molecule has 0 saturated heterocycles.